The number of hydrogen-bond acceptors (Lipinski definition) is 6. The fourth-order valence-corrected chi connectivity index (χ4v) is 6.21. The van der Waals surface area contributed by atoms with Crippen LogP contribution in [0.25, 0.3) is 0 Å². The second-order valence-corrected chi connectivity index (χ2v) is 14.5. The van der Waals surface area contributed by atoms with E-state index < -0.39 is 6.10 Å². The molecule has 0 aliphatic heterocycles. The van der Waals surface area contributed by atoms with E-state index in [2.05, 4.69) is 45.1 Å². The molecule has 6 nitrogen and oxygen atoms in total. The lowest BCUT2D eigenvalue weighted by Gasteiger charge is -2.18. The van der Waals surface area contributed by atoms with Gasteiger partial charge in [-0.3, -0.25) is 14.4 Å². The Bertz CT molecular complexity index is 835. The zero-order valence-corrected chi connectivity index (χ0v) is 33.9. The summed E-state index contributed by atoms with van der Waals surface area (Å²) in [5.41, 5.74) is 0. The molecule has 0 aromatic carbocycles. The average Bonchev–Trinajstić information content (AvgIpc) is 3.12. The van der Waals surface area contributed by atoms with Gasteiger partial charge >= 0.3 is 17.9 Å². The predicted molar refractivity (Wildman–Crippen MR) is 215 cm³/mol. The average molecular weight is 719 g/mol. The summed E-state index contributed by atoms with van der Waals surface area (Å²) < 4.78 is 16.6. The van der Waals surface area contributed by atoms with E-state index in [4.69, 9.17) is 14.2 Å². The quantitative estimate of drug-likeness (QED) is 0.0272. The van der Waals surface area contributed by atoms with Crippen molar-refractivity contribution in [1.29, 1.82) is 0 Å². The van der Waals surface area contributed by atoms with Gasteiger partial charge < -0.3 is 14.2 Å². The Balaban J connectivity index is 4.28. The molecule has 1 unspecified atom stereocenters. The van der Waals surface area contributed by atoms with Gasteiger partial charge in [0.05, 0.1) is 0 Å². The molecule has 0 fully saturated rings. The third-order valence-corrected chi connectivity index (χ3v) is 9.45. The van der Waals surface area contributed by atoms with Crippen molar-refractivity contribution in [3.63, 3.8) is 0 Å². The Kier molecular flexibility index (Phi) is 39.0. The smallest absolute Gasteiger partial charge is 0.306 e. The summed E-state index contributed by atoms with van der Waals surface area (Å²) in [5.74, 6) is -0.898. The zero-order valence-electron chi connectivity index (χ0n) is 33.9. The summed E-state index contributed by atoms with van der Waals surface area (Å²) in [4.78, 5) is 37.5. The van der Waals surface area contributed by atoms with E-state index in [1.54, 1.807) is 0 Å². The van der Waals surface area contributed by atoms with Gasteiger partial charge in [-0.25, -0.2) is 0 Å². The topological polar surface area (TPSA) is 78.9 Å². The van der Waals surface area contributed by atoms with Gasteiger partial charge in [0.25, 0.3) is 0 Å². The van der Waals surface area contributed by atoms with Crippen molar-refractivity contribution in [2.45, 2.75) is 232 Å². The van der Waals surface area contributed by atoms with Crippen LogP contribution < -0.4 is 0 Å². The molecule has 0 rings (SSSR count). The van der Waals surface area contributed by atoms with Crippen molar-refractivity contribution in [3.05, 3.63) is 24.3 Å². The normalized spacial score (nSPS) is 12.1. The highest BCUT2D eigenvalue weighted by Gasteiger charge is 2.19. The van der Waals surface area contributed by atoms with Crippen LogP contribution in [-0.4, -0.2) is 37.2 Å². The Morgan fingerprint density at radius 2 is 0.706 bits per heavy atom. The molecule has 6 heteroatoms. The van der Waals surface area contributed by atoms with E-state index in [0.717, 1.165) is 89.9 Å². The standard InChI is InChI=1S/C45H82O6/c1-4-7-10-13-16-19-20-21-22-23-24-27-29-32-35-38-44(47)50-41-42(51-45(48)39-36-33-30-26-18-15-12-9-6-3)40-49-43(46)37-34-31-28-25-17-14-11-8-5-2/h8-9,11-12,42H,4-7,10,13-41H2,1-3H3/b11-8-,12-9-. The molecule has 1 atom stereocenters. The highest BCUT2D eigenvalue weighted by Crippen LogP contribution is 2.15. The maximum absolute atomic E-state index is 12.6. The van der Waals surface area contributed by atoms with Gasteiger partial charge in [-0.2, -0.15) is 0 Å². The fraction of sp³-hybridized carbons (Fsp3) is 0.844. The van der Waals surface area contributed by atoms with Gasteiger partial charge in [0.15, 0.2) is 6.10 Å². The van der Waals surface area contributed by atoms with Crippen molar-refractivity contribution < 1.29 is 28.6 Å². The van der Waals surface area contributed by atoms with E-state index in [-0.39, 0.29) is 31.1 Å². The Morgan fingerprint density at radius 3 is 1.06 bits per heavy atom. The fourth-order valence-electron chi connectivity index (χ4n) is 6.21. The van der Waals surface area contributed by atoms with Crippen molar-refractivity contribution >= 4 is 17.9 Å². The van der Waals surface area contributed by atoms with Crippen LogP contribution in [0.15, 0.2) is 24.3 Å². The molecule has 0 N–H and O–H groups in total. The molecule has 0 saturated heterocycles. The molecule has 0 amide bonds. The molecule has 0 aliphatic carbocycles. The molecule has 298 valence electrons. The van der Waals surface area contributed by atoms with Crippen LogP contribution in [0.3, 0.4) is 0 Å². The first-order chi connectivity index (χ1) is 25.0. The van der Waals surface area contributed by atoms with E-state index in [1.807, 2.05) is 0 Å². The Labute approximate surface area is 315 Å². The van der Waals surface area contributed by atoms with Crippen LogP contribution in [0, 0.1) is 0 Å². The summed E-state index contributed by atoms with van der Waals surface area (Å²) in [7, 11) is 0. The van der Waals surface area contributed by atoms with Gasteiger partial charge in [0, 0.05) is 19.3 Å². The van der Waals surface area contributed by atoms with Crippen molar-refractivity contribution in [2.24, 2.45) is 0 Å². The van der Waals surface area contributed by atoms with Gasteiger partial charge in [-0.05, 0) is 57.8 Å². The lowest BCUT2D eigenvalue weighted by atomic mass is 10.0. The van der Waals surface area contributed by atoms with E-state index in [9.17, 15) is 14.4 Å². The number of allylic oxidation sites excluding steroid dienone is 4. The molecular formula is C45H82O6. The monoisotopic (exact) mass is 719 g/mol. The molecule has 0 aromatic rings. The third-order valence-electron chi connectivity index (χ3n) is 9.45. The summed E-state index contributed by atoms with van der Waals surface area (Å²) in [6.07, 6.45) is 43.2. The highest BCUT2D eigenvalue weighted by molar-refractivity contribution is 5.71. The predicted octanol–water partition coefficient (Wildman–Crippen LogP) is 13.6. The minimum atomic E-state index is -0.770. The number of hydrogen-bond donors (Lipinski definition) is 0. The Morgan fingerprint density at radius 1 is 0.392 bits per heavy atom. The second-order valence-electron chi connectivity index (χ2n) is 14.5. The molecule has 0 aromatic heterocycles. The third kappa shape index (κ3) is 38.9. The SMILES string of the molecule is CC/C=C\CCCCCCCC(=O)OCC(COC(=O)CCCCCCCCCCCCCCCCC)OC(=O)CCCCCCC/C=C\CC. The number of carbonyl (C=O) groups excluding carboxylic acids is 3. The summed E-state index contributed by atoms with van der Waals surface area (Å²) in [6, 6.07) is 0. The zero-order chi connectivity index (χ0) is 37.3. The number of rotatable bonds is 39. The lowest BCUT2D eigenvalue weighted by Crippen LogP contribution is -2.30. The van der Waals surface area contributed by atoms with Crippen molar-refractivity contribution in [1.82, 2.24) is 0 Å². The van der Waals surface area contributed by atoms with Gasteiger partial charge in [0.2, 0.25) is 0 Å². The highest BCUT2D eigenvalue weighted by atomic mass is 16.6. The summed E-state index contributed by atoms with van der Waals surface area (Å²) in [6.45, 7) is 6.41. The number of esters is 3. The van der Waals surface area contributed by atoms with Crippen molar-refractivity contribution in [2.75, 3.05) is 13.2 Å². The van der Waals surface area contributed by atoms with Crippen LogP contribution in [0.5, 0.6) is 0 Å². The number of carbonyl (C=O) groups is 3. The molecule has 0 spiro atoms. The number of ether oxygens (including phenoxy) is 3. The first-order valence-electron chi connectivity index (χ1n) is 21.8. The van der Waals surface area contributed by atoms with Crippen LogP contribution in [-0.2, 0) is 28.6 Å². The molecule has 51 heavy (non-hydrogen) atoms. The van der Waals surface area contributed by atoms with Crippen LogP contribution >= 0.6 is 0 Å². The van der Waals surface area contributed by atoms with E-state index in [0.29, 0.717) is 19.3 Å². The van der Waals surface area contributed by atoms with Gasteiger partial charge in [0.1, 0.15) is 13.2 Å². The summed E-state index contributed by atoms with van der Waals surface area (Å²) in [5, 5.41) is 0. The van der Waals surface area contributed by atoms with Crippen LogP contribution in [0.2, 0.25) is 0 Å². The molecule has 0 bridgehead atoms. The maximum atomic E-state index is 12.6. The lowest BCUT2D eigenvalue weighted by molar-refractivity contribution is -0.167. The largest absolute Gasteiger partial charge is 0.462 e. The van der Waals surface area contributed by atoms with Crippen molar-refractivity contribution in [3.8, 4) is 0 Å². The number of unbranched alkanes of at least 4 members (excludes halogenated alkanes) is 24. The van der Waals surface area contributed by atoms with Crippen LogP contribution in [0.4, 0.5) is 0 Å². The first kappa shape index (κ1) is 48.9. The maximum Gasteiger partial charge on any atom is 0.306 e. The Hall–Kier alpha value is -2.11. The van der Waals surface area contributed by atoms with E-state index >= 15 is 0 Å². The molecule has 0 heterocycles. The second kappa shape index (κ2) is 40.7. The first-order valence-corrected chi connectivity index (χ1v) is 21.8. The van der Waals surface area contributed by atoms with Crippen LogP contribution in [0.1, 0.15) is 226 Å². The minimum absolute atomic E-state index is 0.0751. The molecule has 0 saturated carbocycles. The van der Waals surface area contributed by atoms with E-state index in [1.165, 1.54) is 96.3 Å². The molecule has 0 radical (unpaired) electrons. The summed E-state index contributed by atoms with van der Waals surface area (Å²) >= 11 is 0. The molecular weight excluding hydrogens is 636 g/mol. The van der Waals surface area contributed by atoms with Gasteiger partial charge in [-0.1, -0.05) is 173 Å². The van der Waals surface area contributed by atoms with Gasteiger partial charge in [-0.15, -0.1) is 0 Å². The minimum Gasteiger partial charge on any atom is -0.462 e. The molecule has 0 aliphatic rings.